The van der Waals surface area contributed by atoms with Gasteiger partial charge in [0.15, 0.2) is 0 Å². The van der Waals surface area contributed by atoms with Crippen molar-refractivity contribution in [2.24, 2.45) is 5.41 Å². The molecule has 0 saturated heterocycles. The zero-order valence-electron chi connectivity index (χ0n) is 14.9. The molecule has 2 N–H and O–H groups in total. The second-order valence-electron chi connectivity index (χ2n) is 6.90. The lowest BCUT2D eigenvalue weighted by Crippen LogP contribution is -2.26. The first-order valence-corrected chi connectivity index (χ1v) is 9.57. The average molecular weight is 374 g/mol. The standard InChI is InChI=1S/C19H22N2O4S/c1-19(2,3)17(22)13-18(23)20-14-8-7-9-15(12-14)21-26(24,25)16-10-5-4-6-11-16/h4-12,21H,13H2,1-3H3,(H,20,23). The molecule has 0 fully saturated rings. The van der Waals surface area contributed by atoms with Crippen LogP contribution in [0.2, 0.25) is 0 Å². The van der Waals surface area contributed by atoms with E-state index in [1.54, 1.807) is 57.2 Å². The third-order valence-electron chi connectivity index (χ3n) is 3.61. The van der Waals surface area contributed by atoms with Crippen LogP contribution in [0.15, 0.2) is 59.5 Å². The van der Waals surface area contributed by atoms with Gasteiger partial charge in [0.1, 0.15) is 5.78 Å². The zero-order valence-corrected chi connectivity index (χ0v) is 15.8. The van der Waals surface area contributed by atoms with Crippen molar-refractivity contribution in [3.63, 3.8) is 0 Å². The van der Waals surface area contributed by atoms with Crippen molar-refractivity contribution < 1.29 is 18.0 Å². The summed E-state index contributed by atoms with van der Waals surface area (Å²) in [7, 11) is -3.71. The van der Waals surface area contributed by atoms with Crippen molar-refractivity contribution in [2.75, 3.05) is 10.0 Å². The first-order chi connectivity index (χ1) is 12.1. The number of ketones is 1. The Morgan fingerprint density at radius 1 is 0.923 bits per heavy atom. The number of amides is 1. The highest BCUT2D eigenvalue weighted by Gasteiger charge is 2.23. The third-order valence-corrected chi connectivity index (χ3v) is 5.01. The van der Waals surface area contributed by atoms with Gasteiger partial charge in [-0.1, -0.05) is 45.0 Å². The first-order valence-electron chi connectivity index (χ1n) is 8.09. The molecule has 6 nitrogen and oxygen atoms in total. The van der Waals surface area contributed by atoms with E-state index in [0.29, 0.717) is 11.4 Å². The number of hydrogen-bond acceptors (Lipinski definition) is 4. The molecule has 1 amide bonds. The van der Waals surface area contributed by atoms with E-state index in [2.05, 4.69) is 10.0 Å². The van der Waals surface area contributed by atoms with Crippen molar-refractivity contribution in [3.05, 3.63) is 54.6 Å². The van der Waals surface area contributed by atoms with Gasteiger partial charge in [-0.15, -0.1) is 0 Å². The van der Waals surface area contributed by atoms with Crippen LogP contribution in [0.25, 0.3) is 0 Å². The molecule has 0 bridgehead atoms. The SMILES string of the molecule is CC(C)(C)C(=O)CC(=O)Nc1cccc(NS(=O)(=O)c2ccccc2)c1. The Labute approximate surface area is 153 Å². The van der Waals surface area contributed by atoms with Crippen LogP contribution in [-0.4, -0.2) is 20.1 Å². The Bertz CT molecular complexity index is 901. The normalized spacial score (nSPS) is 11.7. The molecule has 0 aromatic heterocycles. The van der Waals surface area contributed by atoms with Crippen LogP contribution >= 0.6 is 0 Å². The van der Waals surface area contributed by atoms with Crippen molar-refractivity contribution in [3.8, 4) is 0 Å². The van der Waals surface area contributed by atoms with Gasteiger partial charge in [-0.05, 0) is 30.3 Å². The molecular formula is C19H22N2O4S. The summed E-state index contributed by atoms with van der Waals surface area (Å²) in [4.78, 5) is 24.1. The zero-order chi connectivity index (χ0) is 19.4. The molecule has 26 heavy (non-hydrogen) atoms. The number of sulfonamides is 1. The molecule has 0 atom stereocenters. The Morgan fingerprint density at radius 3 is 2.15 bits per heavy atom. The second kappa shape index (κ2) is 7.70. The number of carbonyl (C=O) groups excluding carboxylic acids is 2. The minimum absolute atomic E-state index is 0.144. The van der Waals surface area contributed by atoms with Gasteiger partial charge in [-0.25, -0.2) is 8.42 Å². The number of carbonyl (C=O) groups is 2. The maximum atomic E-state index is 12.3. The molecule has 0 unspecified atom stereocenters. The summed E-state index contributed by atoms with van der Waals surface area (Å²) >= 11 is 0. The fourth-order valence-corrected chi connectivity index (χ4v) is 3.16. The van der Waals surface area contributed by atoms with Crippen LogP contribution in [0, 0.1) is 5.41 Å². The fraction of sp³-hybridized carbons (Fsp3) is 0.263. The molecule has 2 aromatic carbocycles. The predicted octanol–water partition coefficient (Wildman–Crippen LogP) is 3.43. The number of nitrogens with one attached hydrogen (secondary N) is 2. The minimum Gasteiger partial charge on any atom is -0.326 e. The summed E-state index contributed by atoms with van der Waals surface area (Å²) in [6.45, 7) is 5.25. The van der Waals surface area contributed by atoms with Gasteiger partial charge in [-0.2, -0.15) is 0 Å². The van der Waals surface area contributed by atoms with E-state index >= 15 is 0 Å². The second-order valence-corrected chi connectivity index (χ2v) is 8.58. The predicted molar refractivity (Wildman–Crippen MR) is 101 cm³/mol. The largest absolute Gasteiger partial charge is 0.326 e. The summed E-state index contributed by atoms with van der Waals surface area (Å²) in [5.74, 6) is -0.607. The van der Waals surface area contributed by atoms with Crippen molar-refractivity contribution >= 4 is 33.1 Å². The highest BCUT2D eigenvalue weighted by atomic mass is 32.2. The van der Waals surface area contributed by atoms with Crippen LogP contribution in [0.3, 0.4) is 0 Å². The number of hydrogen-bond donors (Lipinski definition) is 2. The van der Waals surface area contributed by atoms with Crippen LogP contribution in [-0.2, 0) is 19.6 Å². The molecule has 0 radical (unpaired) electrons. The highest BCUT2D eigenvalue weighted by Crippen LogP contribution is 2.21. The van der Waals surface area contributed by atoms with E-state index in [4.69, 9.17) is 0 Å². The van der Waals surface area contributed by atoms with E-state index in [1.165, 1.54) is 18.2 Å². The summed E-state index contributed by atoms with van der Waals surface area (Å²) in [5.41, 5.74) is 0.128. The topological polar surface area (TPSA) is 92.3 Å². The van der Waals surface area contributed by atoms with Crippen molar-refractivity contribution in [2.45, 2.75) is 32.1 Å². The highest BCUT2D eigenvalue weighted by molar-refractivity contribution is 7.92. The smallest absolute Gasteiger partial charge is 0.261 e. The maximum Gasteiger partial charge on any atom is 0.261 e. The first kappa shape index (κ1) is 19.7. The Hall–Kier alpha value is -2.67. The van der Waals surface area contributed by atoms with Gasteiger partial charge in [-0.3, -0.25) is 14.3 Å². The molecule has 0 spiro atoms. The fourth-order valence-electron chi connectivity index (χ4n) is 2.09. The molecule has 0 heterocycles. The van der Waals surface area contributed by atoms with Crippen molar-refractivity contribution in [1.29, 1.82) is 0 Å². The van der Waals surface area contributed by atoms with Gasteiger partial charge in [0, 0.05) is 11.1 Å². The summed E-state index contributed by atoms with van der Waals surface area (Å²) in [6, 6.07) is 14.3. The lowest BCUT2D eigenvalue weighted by atomic mass is 9.89. The van der Waals surface area contributed by atoms with Crippen LogP contribution in [0.4, 0.5) is 11.4 Å². The lowest BCUT2D eigenvalue weighted by Gasteiger charge is -2.16. The molecule has 0 aliphatic heterocycles. The number of Topliss-reactive ketones (excluding diaryl/α,β-unsaturated/α-hetero) is 1. The quantitative estimate of drug-likeness (QED) is 0.758. The Balaban J connectivity index is 2.09. The van der Waals surface area contributed by atoms with E-state index in [1.807, 2.05) is 0 Å². The van der Waals surface area contributed by atoms with Crippen LogP contribution in [0.1, 0.15) is 27.2 Å². The number of anilines is 2. The summed E-state index contributed by atoms with van der Waals surface area (Å²) in [6.07, 6.45) is -0.233. The molecule has 0 aliphatic carbocycles. The molecule has 2 rings (SSSR count). The number of rotatable bonds is 6. The van der Waals surface area contributed by atoms with Gasteiger partial charge in [0.05, 0.1) is 17.0 Å². The molecule has 7 heteroatoms. The van der Waals surface area contributed by atoms with Crippen LogP contribution < -0.4 is 10.0 Å². The van der Waals surface area contributed by atoms with Crippen molar-refractivity contribution in [1.82, 2.24) is 0 Å². The van der Waals surface area contributed by atoms with E-state index in [0.717, 1.165) is 0 Å². The van der Waals surface area contributed by atoms with Gasteiger partial charge in [0.2, 0.25) is 5.91 Å². The molecule has 2 aromatic rings. The maximum absolute atomic E-state index is 12.3. The van der Waals surface area contributed by atoms with E-state index < -0.39 is 21.3 Å². The lowest BCUT2D eigenvalue weighted by molar-refractivity contribution is -0.130. The average Bonchev–Trinajstić information content (AvgIpc) is 2.54. The van der Waals surface area contributed by atoms with Gasteiger partial charge < -0.3 is 5.32 Å². The van der Waals surface area contributed by atoms with Gasteiger partial charge >= 0.3 is 0 Å². The Kier molecular flexibility index (Phi) is 5.82. The molecular weight excluding hydrogens is 352 g/mol. The van der Waals surface area contributed by atoms with E-state index in [9.17, 15) is 18.0 Å². The number of benzene rings is 2. The van der Waals surface area contributed by atoms with E-state index in [-0.39, 0.29) is 17.1 Å². The monoisotopic (exact) mass is 374 g/mol. The molecule has 0 saturated carbocycles. The molecule has 0 aliphatic rings. The third kappa shape index (κ3) is 5.42. The summed E-state index contributed by atoms with van der Waals surface area (Å²) < 4.78 is 27.2. The minimum atomic E-state index is -3.71. The summed E-state index contributed by atoms with van der Waals surface area (Å²) in [5, 5.41) is 2.62. The Morgan fingerprint density at radius 2 is 1.54 bits per heavy atom. The molecule has 138 valence electrons. The van der Waals surface area contributed by atoms with Gasteiger partial charge in [0.25, 0.3) is 10.0 Å². The van der Waals surface area contributed by atoms with Crippen LogP contribution in [0.5, 0.6) is 0 Å².